The SMILES string of the molecule is Cc1ccc(C(=O)NN=Cc2cccc(Br)c2)o1. The molecule has 0 unspecified atom stereocenters. The molecule has 0 bridgehead atoms. The molecule has 0 saturated heterocycles. The number of nitrogens with one attached hydrogen (secondary N) is 1. The first-order chi connectivity index (χ1) is 8.65. The molecule has 1 amide bonds. The van der Waals surface area contributed by atoms with E-state index in [1.165, 1.54) is 0 Å². The number of hydrogen-bond donors (Lipinski definition) is 1. The number of carbonyl (C=O) groups excluding carboxylic acids is 1. The lowest BCUT2D eigenvalue weighted by Crippen LogP contribution is -2.16. The Morgan fingerprint density at radius 1 is 1.39 bits per heavy atom. The van der Waals surface area contributed by atoms with Crippen LogP contribution in [0.2, 0.25) is 0 Å². The highest BCUT2D eigenvalue weighted by Gasteiger charge is 2.07. The normalized spacial score (nSPS) is 10.8. The van der Waals surface area contributed by atoms with Crippen LogP contribution in [0.15, 0.2) is 50.4 Å². The molecule has 4 nitrogen and oxygen atoms in total. The molecule has 0 radical (unpaired) electrons. The molecule has 1 aromatic carbocycles. The van der Waals surface area contributed by atoms with Crippen molar-refractivity contribution in [3.05, 3.63) is 58.0 Å². The number of hydrazone groups is 1. The van der Waals surface area contributed by atoms with Crippen LogP contribution in [0.5, 0.6) is 0 Å². The van der Waals surface area contributed by atoms with Crippen molar-refractivity contribution in [1.82, 2.24) is 5.43 Å². The molecule has 0 fully saturated rings. The fraction of sp³-hybridized carbons (Fsp3) is 0.0769. The Kier molecular flexibility index (Phi) is 3.94. The summed E-state index contributed by atoms with van der Waals surface area (Å²) in [6.45, 7) is 1.78. The summed E-state index contributed by atoms with van der Waals surface area (Å²) in [6, 6.07) is 10.9. The third kappa shape index (κ3) is 3.30. The highest BCUT2D eigenvalue weighted by molar-refractivity contribution is 9.10. The second-order valence-electron chi connectivity index (χ2n) is 3.66. The van der Waals surface area contributed by atoms with Crippen LogP contribution in [-0.2, 0) is 0 Å². The predicted molar refractivity (Wildman–Crippen MR) is 72.6 cm³/mol. The molecular formula is C13H11BrN2O2. The number of amides is 1. The number of aryl methyl sites for hydroxylation is 1. The van der Waals surface area contributed by atoms with E-state index >= 15 is 0 Å². The molecule has 0 saturated carbocycles. The van der Waals surface area contributed by atoms with E-state index in [1.54, 1.807) is 25.3 Å². The van der Waals surface area contributed by atoms with E-state index in [-0.39, 0.29) is 11.7 Å². The molecule has 1 aromatic heterocycles. The minimum absolute atomic E-state index is 0.249. The van der Waals surface area contributed by atoms with Crippen LogP contribution in [0.25, 0.3) is 0 Å². The van der Waals surface area contributed by atoms with Crippen LogP contribution in [0.4, 0.5) is 0 Å². The van der Waals surface area contributed by atoms with E-state index in [0.29, 0.717) is 5.76 Å². The second kappa shape index (κ2) is 5.64. The maximum atomic E-state index is 11.6. The van der Waals surface area contributed by atoms with E-state index in [0.717, 1.165) is 10.0 Å². The molecular weight excluding hydrogens is 296 g/mol. The van der Waals surface area contributed by atoms with Gasteiger partial charge in [0.1, 0.15) is 5.76 Å². The number of halogens is 1. The smallest absolute Gasteiger partial charge is 0.307 e. The quantitative estimate of drug-likeness (QED) is 0.699. The van der Waals surface area contributed by atoms with Gasteiger partial charge in [0, 0.05) is 4.47 Å². The van der Waals surface area contributed by atoms with Gasteiger partial charge in [0.05, 0.1) is 6.21 Å². The van der Waals surface area contributed by atoms with Crippen molar-refractivity contribution in [3.63, 3.8) is 0 Å². The topological polar surface area (TPSA) is 54.6 Å². The lowest BCUT2D eigenvalue weighted by Gasteiger charge is -1.96. The summed E-state index contributed by atoms with van der Waals surface area (Å²) in [5.41, 5.74) is 3.29. The second-order valence-corrected chi connectivity index (χ2v) is 4.58. The highest BCUT2D eigenvalue weighted by Crippen LogP contribution is 2.10. The Balaban J connectivity index is 1.97. The van der Waals surface area contributed by atoms with E-state index in [2.05, 4.69) is 26.5 Å². The van der Waals surface area contributed by atoms with Gasteiger partial charge in [0.2, 0.25) is 0 Å². The maximum Gasteiger partial charge on any atom is 0.307 e. The van der Waals surface area contributed by atoms with Gasteiger partial charge in [-0.1, -0.05) is 28.1 Å². The molecule has 0 aliphatic rings. The summed E-state index contributed by atoms with van der Waals surface area (Å²) in [6.07, 6.45) is 1.57. The van der Waals surface area contributed by atoms with Crippen LogP contribution in [-0.4, -0.2) is 12.1 Å². The minimum Gasteiger partial charge on any atom is -0.456 e. The van der Waals surface area contributed by atoms with Crippen LogP contribution < -0.4 is 5.43 Å². The van der Waals surface area contributed by atoms with Gasteiger partial charge >= 0.3 is 5.91 Å². The molecule has 0 aliphatic carbocycles. The Bertz CT molecular complexity index is 590. The number of rotatable bonds is 3. The van der Waals surface area contributed by atoms with Crippen molar-refractivity contribution in [2.75, 3.05) is 0 Å². The Morgan fingerprint density at radius 3 is 2.89 bits per heavy atom. The Labute approximate surface area is 113 Å². The molecule has 0 atom stereocenters. The van der Waals surface area contributed by atoms with E-state index in [9.17, 15) is 4.79 Å². The number of nitrogens with zero attached hydrogens (tertiary/aromatic N) is 1. The Hall–Kier alpha value is -1.88. The first kappa shape index (κ1) is 12.6. The molecule has 2 aromatic rings. The van der Waals surface area contributed by atoms with Crippen molar-refractivity contribution in [2.24, 2.45) is 5.10 Å². The molecule has 18 heavy (non-hydrogen) atoms. The average molecular weight is 307 g/mol. The van der Waals surface area contributed by atoms with Crippen molar-refractivity contribution >= 4 is 28.1 Å². The van der Waals surface area contributed by atoms with Crippen molar-refractivity contribution in [1.29, 1.82) is 0 Å². The monoisotopic (exact) mass is 306 g/mol. The van der Waals surface area contributed by atoms with Crippen LogP contribution in [0.3, 0.4) is 0 Å². The summed E-state index contributed by atoms with van der Waals surface area (Å²) < 4.78 is 6.13. The summed E-state index contributed by atoms with van der Waals surface area (Å²) in [5, 5.41) is 3.86. The van der Waals surface area contributed by atoms with E-state index in [4.69, 9.17) is 4.42 Å². The lowest BCUT2D eigenvalue weighted by atomic mass is 10.2. The number of furan rings is 1. The van der Waals surface area contributed by atoms with Gasteiger partial charge < -0.3 is 4.42 Å². The zero-order valence-corrected chi connectivity index (χ0v) is 11.3. The number of carbonyl (C=O) groups is 1. The standard InChI is InChI=1S/C13H11BrN2O2/c1-9-5-6-12(18-9)13(17)16-15-8-10-3-2-4-11(14)7-10/h2-8H,1H3,(H,16,17). The maximum absolute atomic E-state index is 11.6. The Morgan fingerprint density at radius 2 is 2.22 bits per heavy atom. The van der Waals surface area contributed by atoms with Gasteiger partial charge in [-0.25, -0.2) is 5.43 Å². The molecule has 0 aliphatic heterocycles. The summed E-state index contributed by atoms with van der Waals surface area (Å²) >= 11 is 3.36. The predicted octanol–water partition coefficient (Wildman–Crippen LogP) is 3.11. The summed E-state index contributed by atoms with van der Waals surface area (Å²) in [5.74, 6) is 0.573. The third-order valence-corrected chi connectivity index (χ3v) is 2.69. The van der Waals surface area contributed by atoms with Crippen molar-refractivity contribution in [3.8, 4) is 0 Å². The van der Waals surface area contributed by atoms with Gasteiger partial charge in [0.15, 0.2) is 5.76 Å². The summed E-state index contributed by atoms with van der Waals surface area (Å²) in [7, 11) is 0. The van der Waals surface area contributed by atoms with Gasteiger partial charge in [-0.2, -0.15) is 5.10 Å². The molecule has 1 N–H and O–H groups in total. The average Bonchev–Trinajstić information content (AvgIpc) is 2.76. The first-order valence-electron chi connectivity index (χ1n) is 5.30. The fourth-order valence-electron chi connectivity index (χ4n) is 1.36. The highest BCUT2D eigenvalue weighted by atomic mass is 79.9. The number of hydrogen-bond acceptors (Lipinski definition) is 3. The minimum atomic E-state index is -0.366. The molecule has 5 heteroatoms. The van der Waals surface area contributed by atoms with Gasteiger partial charge in [-0.15, -0.1) is 0 Å². The van der Waals surface area contributed by atoms with Crippen LogP contribution in [0, 0.1) is 6.92 Å². The van der Waals surface area contributed by atoms with Gasteiger partial charge in [-0.3, -0.25) is 4.79 Å². The van der Waals surface area contributed by atoms with Crippen LogP contribution in [0.1, 0.15) is 21.9 Å². The first-order valence-corrected chi connectivity index (χ1v) is 6.10. The van der Waals surface area contributed by atoms with Crippen LogP contribution >= 0.6 is 15.9 Å². The van der Waals surface area contributed by atoms with Crippen molar-refractivity contribution < 1.29 is 9.21 Å². The fourth-order valence-corrected chi connectivity index (χ4v) is 1.78. The van der Waals surface area contributed by atoms with Gasteiger partial charge in [-0.05, 0) is 36.8 Å². The lowest BCUT2D eigenvalue weighted by molar-refractivity contribution is 0.0926. The molecule has 2 rings (SSSR count). The zero-order chi connectivity index (χ0) is 13.0. The zero-order valence-electron chi connectivity index (χ0n) is 9.68. The molecule has 92 valence electrons. The molecule has 0 spiro atoms. The summed E-state index contributed by atoms with van der Waals surface area (Å²) in [4.78, 5) is 11.6. The van der Waals surface area contributed by atoms with E-state index < -0.39 is 0 Å². The largest absolute Gasteiger partial charge is 0.456 e. The number of benzene rings is 1. The van der Waals surface area contributed by atoms with Crippen molar-refractivity contribution in [2.45, 2.75) is 6.92 Å². The molecule has 1 heterocycles. The third-order valence-electron chi connectivity index (χ3n) is 2.19. The van der Waals surface area contributed by atoms with Gasteiger partial charge in [0.25, 0.3) is 0 Å². The van der Waals surface area contributed by atoms with E-state index in [1.807, 2.05) is 24.3 Å².